The highest BCUT2D eigenvalue weighted by Gasteiger charge is 2.32. The van der Waals surface area contributed by atoms with Gasteiger partial charge in [0.1, 0.15) is 0 Å². The quantitative estimate of drug-likeness (QED) is 0.820. The molecule has 0 saturated carbocycles. The summed E-state index contributed by atoms with van der Waals surface area (Å²) in [5, 5.41) is 2.98. The molecule has 1 amide bonds. The molecule has 1 aliphatic carbocycles. The van der Waals surface area contributed by atoms with Crippen molar-refractivity contribution in [3.63, 3.8) is 0 Å². The van der Waals surface area contributed by atoms with Gasteiger partial charge in [-0.15, -0.1) is 0 Å². The maximum Gasteiger partial charge on any atom is 0.243 e. The van der Waals surface area contributed by atoms with Crippen LogP contribution in [-0.4, -0.2) is 31.7 Å². The topological polar surface area (TPSA) is 66.5 Å². The third-order valence-corrected chi connectivity index (χ3v) is 7.99. The highest BCUT2D eigenvalue weighted by molar-refractivity contribution is 7.89. The van der Waals surface area contributed by atoms with Crippen LogP contribution in [0.2, 0.25) is 0 Å². The summed E-state index contributed by atoms with van der Waals surface area (Å²) in [6.45, 7) is 1.29. The normalized spacial score (nSPS) is 18.2. The van der Waals surface area contributed by atoms with E-state index in [-0.39, 0.29) is 11.8 Å². The van der Waals surface area contributed by atoms with Crippen LogP contribution in [0.4, 0.5) is 0 Å². The average Bonchev–Trinajstić information content (AvgIpc) is 2.78. The third-order valence-electron chi connectivity index (χ3n) is 6.09. The fraction of sp³-hybridized carbons (Fsp3) is 0.435. The van der Waals surface area contributed by atoms with Crippen LogP contribution < -0.4 is 5.32 Å². The Labute approximate surface area is 173 Å². The molecule has 2 aromatic carbocycles. The van der Waals surface area contributed by atoms with Crippen LogP contribution in [0.1, 0.15) is 42.4 Å². The third kappa shape index (κ3) is 4.54. The first kappa shape index (κ1) is 20.1. The van der Waals surface area contributed by atoms with Crippen molar-refractivity contribution in [2.75, 3.05) is 13.1 Å². The fourth-order valence-electron chi connectivity index (χ4n) is 4.31. The minimum atomic E-state index is -3.50. The van der Waals surface area contributed by atoms with E-state index in [1.807, 2.05) is 42.5 Å². The summed E-state index contributed by atoms with van der Waals surface area (Å²) in [6.07, 6.45) is 5.43. The fourth-order valence-corrected chi connectivity index (χ4v) is 5.83. The molecule has 2 aliphatic rings. The van der Waals surface area contributed by atoms with Crippen molar-refractivity contribution < 1.29 is 13.2 Å². The molecule has 4 rings (SSSR count). The molecule has 0 spiro atoms. The molecular formula is C23H28N2O3S. The van der Waals surface area contributed by atoms with E-state index < -0.39 is 10.0 Å². The molecule has 0 aromatic heterocycles. The molecule has 0 radical (unpaired) electrons. The molecule has 0 atom stereocenters. The minimum absolute atomic E-state index is 0.0136. The maximum atomic E-state index is 13.1. The summed E-state index contributed by atoms with van der Waals surface area (Å²) in [5.41, 5.74) is 3.52. The zero-order valence-corrected chi connectivity index (χ0v) is 17.5. The first-order valence-corrected chi connectivity index (χ1v) is 11.9. The van der Waals surface area contributed by atoms with Gasteiger partial charge in [-0.2, -0.15) is 4.31 Å². The zero-order chi connectivity index (χ0) is 20.3. The molecule has 1 heterocycles. The lowest BCUT2D eigenvalue weighted by Gasteiger charge is -2.31. The number of hydrogen-bond acceptors (Lipinski definition) is 3. The molecule has 1 N–H and O–H groups in total. The van der Waals surface area contributed by atoms with Gasteiger partial charge >= 0.3 is 0 Å². The van der Waals surface area contributed by atoms with E-state index in [4.69, 9.17) is 0 Å². The Morgan fingerprint density at radius 1 is 0.966 bits per heavy atom. The Bertz CT molecular complexity index is 965. The number of benzene rings is 2. The highest BCUT2D eigenvalue weighted by atomic mass is 32.2. The van der Waals surface area contributed by atoms with E-state index >= 15 is 0 Å². The standard InChI is InChI=1S/C23H28N2O3S/c26-23(24-17-18-6-2-1-3-7-18)20-12-14-25(15-13-20)29(27,28)22-11-10-19-8-4-5-9-21(19)16-22/h1-3,6-7,10-11,16,20H,4-5,8-9,12-15,17H2,(H,24,26). The van der Waals surface area contributed by atoms with E-state index in [1.165, 1.54) is 17.5 Å². The van der Waals surface area contributed by atoms with Gasteiger partial charge in [-0.05, 0) is 67.3 Å². The number of aryl methyl sites for hydroxylation is 2. The van der Waals surface area contributed by atoms with Gasteiger partial charge in [-0.1, -0.05) is 36.4 Å². The molecule has 29 heavy (non-hydrogen) atoms. The second kappa shape index (κ2) is 8.67. The molecule has 154 valence electrons. The molecule has 2 aromatic rings. The molecule has 0 bridgehead atoms. The lowest BCUT2D eigenvalue weighted by molar-refractivity contribution is -0.126. The van der Waals surface area contributed by atoms with E-state index in [0.29, 0.717) is 37.4 Å². The van der Waals surface area contributed by atoms with Crippen LogP contribution in [0, 0.1) is 5.92 Å². The number of hydrogen-bond donors (Lipinski definition) is 1. The summed E-state index contributed by atoms with van der Waals surface area (Å²) in [4.78, 5) is 12.9. The molecule has 5 nitrogen and oxygen atoms in total. The number of carbonyl (C=O) groups excluding carboxylic acids is 1. The van der Waals surface area contributed by atoms with E-state index in [9.17, 15) is 13.2 Å². The Kier molecular flexibility index (Phi) is 6.01. The maximum absolute atomic E-state index is 13.1. The summed E-state index contributed by atoms with van der Waals surface area (Å²) in [6, 6.07) is 15.4. The van der Waals surface area contributed by atoms with Crippen molar-refractivity contribution in [1.29, 1.82) is 0 Å². The Morgan fingerprint density at radius 2 is 1.66 bits per heavy atom. The van der Waals surface area contributed by atoms with Gasteiger partial charge in [0.2, 0.25) is 15.9 Å². The van der Waals surface area contributed by atoms with Crippen molar-refractivity contribution >= 4 is 15.9 Å². The van der Waals surface area contributed by atoms with Crippen molar-refractivity contribution in [3.8, 4) is 0 Å². The van der Waals surface area contributed by atoms with Crippen molar-refractivity contribution in [2.24, 2.45) is 5.92 Å². The van der Waals surface area contributed by atoms with Gasteiger partial charge in [-0.25, -0.2) is 8.42 Å². The lowest BCUT2D eigenvalue weighted by Crippen LogP contribution is -2.42. The number of sulfonamides is 1. The van der Waals surface area contributed by atoms with Crippen LogP contribution in [-0.2, 0) is 34.2 Å². The molecular weight excluding hydrogens is 384 g/mol. The number of fused-ring (bicyclic) bond motifs is 1. The predicted octanol–water partition coefficient (Wildman–Crippen LogP) is 3.28. The highest BCUT2D eigenvalue weighted by Crippen LogP contribution is 2.28. The van der Waals surface area contributed by atoms with Crippen LogP contribution in [0.3, 0.4) is 0 Å². The number of carbonyl (C=O) groups is 1. The molecule has 1 saturated heterocycles. The van der Waals surface area contributed by atoms with Crippen molar-refractivity contribution in [1.82, 2.24) is 9.62 Å². The Balaban J connectivity index is 1.35. The number of amides is 1. The molecule has 6 heteroatoms. The largest absolute Gasteiger partial charge is 0.352 e. The summed E-state index contributed by atoms with van der Waals surface area (Å²) < 4.78 is 27.7. The van der Waals surface area contributed by atoms with Crippen molar-refractivity contribution in [2.45, 2.75) is 50.0 Å². The SMILES string of the molecule is O=C(NCc1ccccc1)C1CCN(S(=O)(=O)c2ccc3c(c2)CCCC3)CC1. The van der Waals surface area contributed by atoms with Crippen LogP contribution in [0.15, 0.2) is 53.4 Å². The first-order valence-electron chi connectivity index (χ1n) is 10.5. The first-order chi connectivity index (χ1) is 14.0. The smallest absolute Gasteiger partial charge is 0.243 e. The van der Waals surface area contributed by atoms with Gasteiger partial charge in [-0.3, -0.25) is 4.79 Å². The number of piperidine rings is 1. The number of nitrogens with zero attached hydrogens (tertiary/aromatic N) is 1. The zero-order valence-electron chi connectivity index (χ0n) is 16.6. The van der Waals surface area contributed by atoms with Crippen LogP contribution >= 0.6 is 0 Å². The lowest BCUT2D eigenvalue weighted by atomic mass is 9.92. The summed E-state index contributed by atoms with van der Waals surface area (Å²) >= 11 is 0. The van der Waals surface area contributed by atoms with E-state index in [0.717, 1.165) is 24.8 Å². The summed E-state index contributed by atoms with van der Waals surface area (Å²) in [7, 11) is -3.50. The van der Waals surface area contributed by atoms with Gasteiger partial charge in [0.25, 0.3) is 0 Å². The average molecular weight is 413 g/mol. The Morgan fingerprint density at radius 3 is 2.38 bits per heavy atom. The minimum Gasteiger partial charge on any atom is -0.352 e. The van der Waals surface area contributed by atoms with Crippen LogP contribution in [0.25, 0.3) is 0 Å². The van der Waals surface area contributed by atoms with Gasteiger partial charge in [0.15, 0.2) is 0 Å². The second-order valence-electron chi connectivity index (χ2n) is 8.02. The van der Waals surface area contributed by atoms with E-state index in [1.54, 1.807) is 10.4 Å². The van der Waals surface area contributed by atoms with Gasteiger partial charge in [0, 0.05) is 25.6 Å². The van der Waals surface area contributed by atoms with Crippen LogP contribution in [0.5, 0.6) is 0 Å². The molecule has 1 fully saturated rings. The predicted molar refractivity (Wildman–Crippen MR) is 113 cm³/mol. The second-order valence-corrected chi connectivity index (χ2v) is 9.96. The van der Waals surface area contributed by atoms with Crippen molar-refractivity contribution in [3.05, 3.63) is 65.2 Å². The monoisotopic (exact) mass is 412 g/mol. The number of rotatable bonds is 5. The summed E-state index contributed by atoms with van der Waals surface area (Å²) in [5.74, 6) is -0.117. The van der Waals surface area contributed by atoms with Gasteiger partial charge in [0.05, 0.1) is 4.90 Å². The number of nitrogens with one attached hydrogen (secondary N) is 1. The van der Waals surface area contributed by atoms with Gasteiger partial charge < -0.3 is 5.32 Å². The Hall–Kier alpha value is -2.18. The molecule has 0 unspecified atom stereocenters. The van der Waals surface area contributed by atoms with E-state index in [2.05, 4.69) is 5.32 Å². The molecule has 1 aliphatic heterocycles.